The number of rotatable bonds is 6. The van der Waals surface area contributed by atoms with Crippen LogP contribution in [0.1, 0.15) is 42.3 Å². The number of likely N-dealkylation sites (tertiary alicyclic amines) is 1. The summed E-state index contributed by atoms with van der Waals surface area (Å²) in [6, 6.07) is 0.637. The van der Waals surface area contributed by atoms with Crippen molar-refractivity contribution in [1.29, 1.82) is 0 Å². The second-order valence-electron chi connectivity index (χ2n) is 5.75. The zero-order chi connectivity index (χ0) is 15.9. The van der Waals surface area contributed by atoms with Gasteiger partial charge in [0.2, 0.25) is 0 Å². The van der Waals surface area contributed by atoms with E-state index in [4.69, 9.17) is 0 Å². The third-order valence-corrected chi connectivity index (χ3v) is 5.26. The van der Waals surface area contributed by atoms with Gasteiger partial charge in [0.25, 0.3) is 0 Å². The lowest BCUT2D eigenvalue weighted by molar-refractivity contribution is 0.267. The van der Waals surface area contributed by atoms with Crippen molar-refractivity contribution >= 4 is 17.3 Å². The standard InChI is InChI=1S/C16H29N5S/c1-5-17-16(18-10-14-8-7-9-21(14)6-2)19-11-15-20-12(3)13(4)22-15/h14H,5-11H2,1-4H3,(H2,17,18,19). The summed E-state index contributed by atoms with van der Waals surface area (Å²) in [5, 5.41) is 7.91. The highest BCUT2D eigenvalue weighted by Gasteiger charge is 2.22. The van der Waals surface area contributed by atoms with Gasteiger partial charge >= 0.3 is 0 Å². The minimum absolute atomic E-state index is 0.637. The summed E-state index contributed by atoms with van der Waals surface area (Å²) in [6.07, 6.45) is 2.59. The second-order valence-corrected chi connectivity index (χ2v) is 7.04. The fourth-order valence-electron chi connectivity index (χ4n) is 2.85. The molecule has 1 aromatic heterocycles. The highest BCUT2D eigenvalue weighted by Crippen LogP contribution is 2.17. The summed E-state index contributed by atoms with van der Waals surface area (Å²) in [5.74, 6) is 0.899. The van der Waals surface area contributed by atoms with Crippen LogP contribution in [0.4, 0.5) is 0 Å². The average molecular weight is 324 g/mol. The number of hydrogen-bond donors (Lipinski definition) is 2. The van der Waals surface area contributed by atoms with Crippen LogP contribution >= 0.6 is 11.3 Å². The molecule has 22 heavy (non-hydrogen) atoms. The summed E-state index contributed by atoms with van der Waals surface area (Å²) < 4.78 is 0. The SMILES string of the molecule is CCNC(=NCc1nc(C)c(C)s1)NCC1CCCN1CC. The van der Waals surface area contributed by atoms with E-state index in [0.29, 0.717) is 12.6 Å². The van der Waals surface area contributed by atoms with Crippen molar-refractivity contribution in [2.24, 2.45) is 4.99 Å². The number of nitrogens with one attached hydrogen (secondary N) is 2. The Morgan fingerprint density at radius 1 is 1.36 bits per heavy atom. The molecule has 0 amide bonds. The molecule has 5 nitrogen and oxygen atoms in total. The van der Waals surface area contributed by atoms with Gasteiger partial charge in [-0.05, 0) is 46.7 Å². The zero-order valence-electron chi connectivity index (χ0n) is 14.3. The van der Waals surface area contributed by atoms with E-state index in [9.17, 15) is 0 Å². The second kappa shape index (κ2) is 8.48. The van der Waals surface area contributed by atoms with E-state index in [1.165, 1.54) is 24.3 Å². The van der Waals surface area contributed by atoms with E-state index < -0.39 is 0 Å². The molecule has 1 unspecified atom stereocenters. The lowest BCUT2D eigenvalue weighted by atomic mass is 10.2. The van der Waals surface area contributed by atoms with Gasteiger partial charge in [-0.3, -0.25) is 4.90 Å². The zero-order valence-corrected chi connectivity index (χ0v) is 15.1. The monoisotopic (exact) mass is 323 g/mol. The van der Waals surface area contributed by atoms with Crippen LogP contribution in [0.15, 0.2) is 4.99 Å². The van der Waals surface area contributed by atoms with Crippen molar-refractivity contribution in [2.45, 2.75) is 53.1 Å². The molecular formula is C16H29N5S. The van der Waals surface area contributed by atoms with Gasteiger partial charge in [0.05, 0.1) is 12.2 Å². The fraction of sp³-hybridized carbons (Fsp3) is 0.750. The van der Waals surface area contributed by atoms with Gasteiger partial charge in [-0.25, -0.2) is 9.98 Å². The van der Waals surface area contributed by atoms with Crippen LogP contribution in [0.25, 0.3) is 0 Å². The van der Waals surface area contributed by atoms with Crippen LogP contribution in [-0.4, -0.2) is 48.1 Å². The first-order valence-electron chi connectivity index (χ1n) is 8.33. The average Bonchev–Trinajstić information content (AvgIpc) is 3.08. The first-order valence-corrected chi connectivity index (χ1v) is 9.14. The van der Waals surface area contributed by atoms with Gasteiger partial charge in [-0.2, -0.15) is 0 Å². The third-order valence-electron chi connectivity index (χ3n) is 4.20. The summed E-state index contributed by atoms with van der Waals surface area (Å²) in [7, 11) is 0. The highest BCUT2D eigenvalue weighted by atomic mass is 32.1. The summed E-state index contributed by atoms with van der Waals surface area (Å²) in [4.78, 5) is 13.1. The Hall–Kier alpha value is -1.14. The Labute approximate surface area is 138 Å². The summed E-state index contributed by atoms with van der Waals surface area (Å²) in [5.41, 5.74) is 1.12. The molecule has 2 rings (SSSR count). The normalized spacial score (nSPS) is 19.6. The molecule has 0 aromatic carbocycles. The van der Waals surface area contributed by atoms with E-state index in [0.717, 1.165) is 36.3 Å². The Morgan fingerprint density at radius 2 is 2.18 bits per heavy atom. The van der Waals surface area contributed by atoms with Crippen molar-refractivity contribution < 1.29 is 0 Å². The first-order chi connectivity index (χ1) is 10.6. The van der Waals surface area contributed by atoms with Gasteiger partial charge in [0.15, 0.2) is 5.96 Å². The maximum Gasteiger partial charge on any atom is 0.191 e. The van der Waals surface area contributed by atoms with Crippen LogP contribution in [0.2, 0.25) is 0 Å². The van der Waals surface area contributed by atoms with Crippen LogP contribution in [0.3, 0.4) is 0 Å². The van der Waals surface area contributed by atoms with Gasteiger partial charge in [-0.15, -0.1) is 11.3 Å². The molecule has 0 aliphatic carbocycles. The molecule has 124 valence electrons. The van der Waals surface area contributed by atoms with Crippen molar-refractivity contribution in [3.63, 3.8) is 0 Å². The molecule has 0 saturated carbocycles. The number of thiazole rings is 1. The molecule has 0 bridgehead atoms. The molecule has 1 fully saturated rings. The number of aromatic nitrogens is 1. The van der Waals surface area contributed by atoms with Crippen molar-refractivity contribution in [2.75, 3.05) is 26.2 Å². The van der Waals surface area contributed by atoms with Crippen molar-refractivity contribution in [1.82, 2.24) is 20.5 Å². The molecule has 2 N–H and O–H groups in total. The third kappa shape index (κ3) is 4.68. The van der Waals surface area contributed by atoms with E-state index in [1.807, 2.05) is 0 Å². The number of aliphatic imine (C=N–C) groups is 1. The Balaban J connectivity index is 1.89. The highest BCUT2D eigenvalue weighted by molar-refractivity contribution is 7.11. The number of aryl methyl sites for hydroxylation is 2. The maximum atomic E-state index is 4.67. The molecule has 1 aliphatic heterocycles. The van der Waals surface area contributed by atoms with E-state index in [-0.39, 0.29) is 0 Å². The molecule has 2 heterocycles. The van der Waals surface area contributed by atoms with Crippen LogP contribution in [0, 0.1) is 13.8 Å². The minimum Gasteiger partial charge on any atom is -0.357 e. The number of nitrogens with zero attached hydrogens (tertiary/aromatic N) is 3. The topological polar surface area (TPSA) is 52.6 Å². The lowest BCUT2D eigenvalue weighted by Crippen LogP contribution is -2.44. The van der Waals surface area contributed by atoms with Crippen LogP contribution in [0.5, 0.6) is 0 Å². The van der Waals surface area contributed by atoms with Crippen LogP contribution in [-0.2, 0) is 6.54 Å². The lowest BCUT2D eigenvalue weighted by Gasteiger charge is -2.23. The Morgan fingerprint density at radius 3 is 2.82 bits per heavy atom. The number of guanidine groups is 1. The molecule has 1 saturated heterocycles. The van der Waals surface area contributed by atoms with Gasteiger partial charge in [-0.1, -0.05) is 6.92 Å². The first kappa shape index (κ1) is 17.2. The quantitative estimate of drug-likeness (QED) is 0.623. The molecular weight excluding hydrogens is 294 g/mol. The largest absolute Gasteiger partial charge is 0.357 e. The van der Waals surface area contributed by atoms with E-state index >= 15 is 0 Å². The molecule has 1 aromatic rings. The predicted molar refractivity (Wildman–Crippen MR) is 94.7 cm³/mol. The molecule has 1 aliphatic rings. The number of likely N-dealkylation sites (N-methyl/N-ethyl adjacent to an activating group) is 1. The molecule has 6 heteroatoms. The smallest absolute Gasteiger partial charge is 0.191 e. The minimum atomic E-state index is 0.637. The Bertz CT molecular complexity index is 477. The molecule has 0 radical (unpaired) electrons. The molecule has 1 atom stereocenters. The summed E-state index contributed by atoms with van der Waals surface area (Å²) >= 11 is 1.74. The van der Waals surface area contributed by atoms with Crippen molar-refractivity contribution in [3.8, 4) is 0 Å². The van der Waals surface area contributed by atoms with E-state index in [2.05, 4.69) is 53.2 Å². The molecule has 0 spiro atoms. The van der Waals surface area contributed by atoms with Gasteiger partial charge in [0.1, 0.15) is 5.01 Å². The van der Waals surface area contributed by atoms with Crippen LogP contribution < -0.4 is 10.6 Å². The maximum absolute atomic E-state index is 4.67. The summed E-state index contributed by atoms with van der Waals surface area (Å²) in [6.45, 7) is 13.4. The van der Waals surface area contributed by atoms with Gasteiger partial charge < -0.3 is 10.6 Å². The number of hydrogen-bond acceptors (Lipinski definition) is 4. The van der Waals surface area contributed by atoms with Crippen molar-refractivity contribution in [3.05, 3.63) is 15.6 Å². The van der Waals surface area contributed by atoms with Gasteiger partial charge in [0, 0.05) is 24.0 Å². The predicted octanol–water partition coefficient (Wildman–Crippen LogP) is 2.30. The fourth-order valence-corrected chi connectivity index (χ4v) is 3.71. The Kier molecular flexibility index (Phi) is 6.64. The van der Waals surface area contributed by atoms with E-state index in [1.54, 1.807) is 11.3 Å².